The molecule has 0 fully saturated rings. The van der Waals surface area contributed by atoms with Crippen LogP contribution in [0.4, 0.5) is 17.1 Å². The molecular formula is C14H10N4O3. The fourth-order valence-corrected chi connectivity index (χ4v) is 1.73. The van der Waals surface area contributed by atoms with Crippen molar-refractivity contribution in [2.75, 3.05) is 11.1 Å². The Morgan fingerprint density at radius 1 is 1.29 bits per heavy atom. The average Bonchev–Trinajstić information content (AvgIpc) is 2.47. The average molecular weight is 282 g/mol. The largest absolute Gasteiger partial charge is 0.393 e. The normalized spacial score (nSPS) is 9.67. The zero-order valence-corrected chi connectivity index (χ0v) is 10.7. The topological polar surface area (TPSA) is 122 Å². The number of nitrogens with one attached hydrogen (secondary N) is 1. The summed E-state index contributed by atoms with van der Waals surface area (Å²) in [5.41, 5.74) is 5.84. The predicted molar refractivity (Wildman–Crippen MR) is 76.6 cm³/mol. The van der Waals surface area contributed by atoms with Crippen molar-refractivity contribution < 1.29 is 9.72 Å². The molecule has 0 radical (unpaired) electrons. The number of hydrogen-bond acceptors (Lipinski definition) is 5. The van der Waals surface area contributed by atoms with Crippen LogP contribution in [-0.2, 0) is 0 Å². The number of carbonyl (C=O) groups is 1. The molecular weight excluding hydrogens is 272 g/mol. The molecule has 0 aliphatic carbocycles. The molecule has 0 aliphatic rings. The van der Waals surface area contributed by atoms with Crippen LogP contribution in [0, 0.1) is 21.4 Å². The molecule has 0 aromatic heterocycles. The maximum atomic E-state index is 12.1. The number of nitrogen functional groups attached to an aromatic ring is 1. The molecule has 0 heterocycles. The highest BCUT2D eigenvalue weighted by Crippen LogP contribution is 2.23. The molecule has 0 bridgehead atoms. The molecule has 104 valence electrons. The molecule has 0 spiro atoms. The van der Waals surface area contributed by atoms with Gasteiger partial charge in [-0.25, -0.2) is 0 Å². The molecule has 0 saturated heterocycles. The number of rotatable bonds is 3. The zero-order valence-electron chi connectivity index (χ0n) is 10.7. The number of benzene rings is 2. The van der Waals surface area contributed by atoms with Gasteiger partial charge >= 0.3 is 0 Å². The van der Waals surface area contributed by atoms with Gasteiger partial charge in [0, 0.05) is 11.6 Å². The highest BCUT2D eigenvalue weighted by Gasteiger charge is 2.16. The maximum absolute atomic E-state index is 12.1. The first-order chi connectivity index (χ1) is 10.0. The third kappa shape index (κ3) is 2.96. The summed E-state index contributed by atoms with van der Waals surface area (Å²) in [6.07, 6.45) is 0. The fourth-order valence-electron chi connectivity index (χ4n) is 1.73. The fraction of sp³-hybridized carbons (Fsp3) is 0. The summed E-state index contributed by atoms with van der Waals surface area (Å²) in [5, 5.41) is 22.3. The van der Waals surface area contributed by atoms with Gasteiger partial charge in [-0.05, 0) is 24.3 Å². The van der Waals surface area contributed by atoms with Crippen molar-refractivity contribution in [1.82, 2.24) is 0 Å². The second-order valence-electron chi connectivity index (χ2n) is 4.14. The number of nitro groups is 1. The number of amides is 1. The van der Waals surface area contributed by atoms with Crippen molar-refractivity contribution in [3.05, 3.63) is 63.7 Å². The van der Waals surface area contributed by atoms with E-state index in [1.165, 1.54) is 12.1 Å². The summed E-state index contributed by atoms with van der Waals surface area (Å²) in [4.78, 5) is 22.2. The van der Waals surface area contributed by atoms with Crippen molar-refractivity contribution in [3.8, 4) is 6.07 Å². The summed E-state index contributed by atoms with van der Waals surface area (Å²) in [7, 11) is 0. The SMILES string of the molecule is N#Cc1ccccc1NC(=O)c1ccc(N)c([N+](=O)[O-])c1. The number of carbonyl (C=O) groups excluding carboxylic acids is 1. The summed E-state index contributed by atoms with van der Waals surface area (Å²) < 4.78 is 0. The number of nitrogens with zero attached hydrogens (tertiary/aromatic N) is 2. The Balaban J connectivity index is 2.31. The molecule has 0 saturated carbocycles. The van der Waals surface area contributed by atoms with Crippen LogP contribution >= 0.6 is 0 Å². The standard InChI is InChI=1S/C14H10N4O3/c15-8-10-3-1-2-4-12(10)17-14(19)9-5-6-11(16)13(7-9)18(20)21/h1-7H,16H2,(H,17,19). The number of nitrogens with two attached hydrogens (primary N) is 1. The third-order valence-corrected chi connectivity index (χ3v) is 2.79. The Labute approximate surface area is 119 Å². The van der Waals surface area contributed by atoms with Gasteiger partial charge < -0.3 is 11.1 Å². The van der Waals surface area contributed by atoms with Crippen molar-refractivity contribution in [3.63, 3.8) is 0 Å². The summed E-state index contributed by atoms with van der Waals surface area (Å²) in [6.45, 7) is 0. The van der Waals surface area contributed by atoms with Gasteiger partial charge in [0.05, 0.1) is 16.2 Å². The van der Waals surface area contributed by atoms with Gasteiger partial charge in [-0.15, -0.1) is 0 Å². The van der Waals surface area contributed by atoms with E-state index in [9.17, 15) is 14.9 Å². The zero-order chi connectivity index (χ0) is 15.4. The first-order valence-electron chi connectivity index (χ1n) is 5.87. The maximum Gasteiger partial charge on any atom is 0.292 e. The predicted octanol–water partition coefficient (Wildman–Crippen LogP) is 2.30. The van der Waals surface area contributed by atoms with E-state index in [-0.39, 0.29) is 16.9 Å². The number of para-hydroxylation sites is 1. The van der Waals surface area contributed by atoms with Crippen molar-refractivity contribution in [2.24, 2.45) is 0 Å². The molecule has 7 nitrogen and oxygen atoms in total. The van der Waals surface area contributed by atoms with Gasteiger partial charge in [-0.1, -0.05) is 12.1 Å². The van der Waals surface area contributed by atoms with E-state index >= 15 is 0 Å². The molecule has 3 N–H and O–H groups in total. The van der Waals surface area contributed by atoms with Crippen LogP contribution in [0.25, 0.3) is 0 Å². The lowest BCUT2D eigenvalue weighted by Crippen LogP contribution is -2.13. The van der Waals surface area contributed by atoms with Gasteiger partial charge in [0.1, 0.15) is 11.8 Å². The molecule has 2 aromatic rings. The highest BCUT2D eigenvalue weighted by molar-refractivity contribution is 6.05. The molecule has 7 heteroatoms. The minimum Gasteiger partial charge on any atom is -0.393 e. The number of nitro benzene ring substituents is 1. The molecule has 2 aromatic carbocycles. The van der Waals surface area contributed by atoms with Crippen LogP contribution in [0.5, 0.6) is 0 Å². The van der Waals surface area contributed by atoms with Crippen LogP contribution in [0.15, 0.2) is 42.5 Å². The van der Waals surface area contributed by atoms with Crippen LogP contribution < -0.4 is 11.1 Å². The van der Waals surface area contributed by atoms with E-state index in [2.05, 4.69) is 5.32 Å². The van der Waals surface area contributed by atoms with Crippen molar-refractivity contribution >= 4 is 23.0 Å². The van der Waals surface area contributed by atoms with Gasteiger partial charge in [0.2, 0.25) is 0 Å². The lowest BCUT2D eigenvalue weighted by molar-refractivity contribution is -0.383. The molecule has 0 aliphatic heterocycles. The second kappa shape index (κ2) is 5.71. The van der Waals surface area contributed by atoms with Crippen molar-refractivity contribution in [2.45, 2.75) is 0 Å². The van der Waals surface area contributed by atoms with E-state index in [4.69, 9.17) is 11.0 Å². The molecule has 0 unspecified atom stereocenters. The summed E-state index contributed by atoms with van der Waals surface area (Å²) >= 11 is 0. The third-order valence-electron chi connectivity index (χ3n) is 2.79. The monoisotopic (exact) mass is 282 g/mol. The first-order valence-corrected chi connectivity index (χ1v) is 5.87. The van der Waals surface area contributed by atoms with Gasteiger partial charge in [0.15, 0.2) is 0 Å². The Bertz CT molecular complexity index is 765. The Hall–Kier alpha value is -3.40. The Morgan fingerprint density at radius 2 is 2.00 bits per heavy atom. The van der Waals surface area contributed by atoms with Gasteiger partial charge in [-0.3, -0.25) is 14.9 Å². The summed E-state index contributed by atoms with van der Waals surface area (Å²) in [6, 6.07) is 12.2. The van der Waals surface area contributed by atoms with E-state index < -0.39 is 10.8 Å². The Morgan fingerprint density at radius 3 is 2.67 bits per heavy atom. The molecule has 1 amide bonds. The second-order valence-corrected chi connectivity index (χ2v) is 4.14. The number of anilines is 2. The van der Waals surface area contributed by atoms with Crippen molar-refractivity contribution in [1.29, 1.82) is 5.26 Å². The minimum atomic E-state index is -0.657. The van der Waals surface area contributed by atoms with Crippen LogP contribution in [0.2, 0.25) is 0 Å². The molecule has 21 heavy (non-hydrogen) atoms. The minimum absolute atomic E-state index is 0.0195. The van der Waals surface area contributed by atoms with E-state index in [0.717, 1.165) is 6.07 Å². The van der Waals surface area contributed by atoms with E-state index in [0.29, 0.717) is 11.3 Å². The van der Waals surface area contributed by atoms with Gasteiger partial charge in [0.25, 0.3) is 11.6 Å². The first kappa shape index (κ1) is 14.0. The Kier molecular flexibility index (Phi) is 3.81. The number of hydrogen-bond donors (Lipinski definition) is 2. The molecule has 0 atom stereocenters. The lowest BCUT2D eigenvalue weighted by Gasteiger charge is -2.07. The van der Waals surface area contributed by atoms with Crippen LogP contribution in [0.3, 0.4) is 0 Å². The van der Waals surface area contributed by atoms with E-state index in [1.54, 1.807) is 24.3 Å². The van der Waals surface area contributed by atoms with Gasteiger partial charge in [-0.2, -0.15) is 5.26 Å². The van der Waals surface area contributed by atoms with Crippen LogP contribution in [-0.4, -0.2) is 10.8 Å². The van der Waals surface area contributed by atoms with E-state index in [1.807, 2.05) is 6.07 Å². The highest BCUT2D eigenvalue weighted by atomic mass is 16.6. The summed E-state index contributed by atoms with van der Waals surface area (Å²) in [5.74, 6) is -0.555. The van der Waals surface area contributed by atoms with Crippen LogP contribution in [0.1, 0.15) is 15.9 Å². The number of nitriles is 1. The quantitative estimate of drug-likeness (QED) is 0.508. The smallest absolute Gasteiger partial charge is 0.292 e. The lowest BCUT2D eigenvalue weighted by atomic mass is 10.1. The molecule has 2 rings (SSSR count).